The summed E-state index contributed by atoms with van der Waals surface area (Å²) in [6.45, 7) is 12.4. The fourth-order valence-corrected chi connectivity index (χ4v) is 3.97. The third-order valence-electron chi connectivity index (χ3n) is 4.40. The lowest BCUT2D eigenvalue weighted by molar-refractivity contribution is -0.0797. The van der Waals surface area contributed by atoms with E-state index in [1.165, 1.54) is 4.90 Å². The van der Waals surface area contributed by atoms with E-state index in [2.05, 4.69) is 29.8 Å². The van der Waals surface area contributed by atoms with Crippen LogP contribution in [-0.2, 0) is 9.47 Å². The van der Waals surface area contributed by atoms with E-state index in [9.17, 15) is 9.18 Å². The summed E-state index contributed by atoms with van der Waals surface area (Å²) in [4.78, 5) is 14.1. The highest BCUT2D eigenvalue weighted by Crippen LogP contribution is 2.43. The molecular weight excluding hydrogens is 401 g/mol. The number of carbonyl (C=O) groups is 1. The van der Waals surface area contributed by atoms with Gasteiger partial charge in [0.15, 0.2) is 0 Å². The standard InChI is InChI=1S/C20H29BrFNO3/c1-12(2)14-10-13(8-9-15(14)21)17-16(11-22)23(20(6,7)25-17)18(24)26-19(3,4)5/h8-10,12,16-17H,11H2,1-7H3/t16-,17-/m1/s1. The van der Waals surface area contributed by atoms with Gasteiger partial charge in [-0.05, 0) is 57.7 Å². The lowest BCUT2D eigenvalue weighted by atomic mass is 9.96. The molecule has 146 valence electrons. The molecule has 1 aliphatic heterocycles. The number of nitrogens with zero attached hydrogens (tertiary/aromatic N) is 1. The van der Waals surface area contributed by atoms with Crippen molar-refractivity contribution in [2.45, 2.75) is 77.9 Å². The molecule has 0 N–H and O–H groups in total. The summed E-state index contributed by atoms with van der Waals surface area (Å²) in [7, 11) is 0. The molecular formula is C20H29BrFNO3. The average molecular weight is 430 g/mol. The molecule has 0 aliphatic carbocycles. The zero-order valence-corrected chi connectivity index (χ0v) is 18.2. The van der Waals surface area contributed by atoms with Crippen LogP contribution in [-0.4, -0.2) is 35.0 Å². The quantitative estimate of drug-likeness (QED) is 0.595. The molecule has 6 heteroatoms. The van der Waals surface area contributed by atoms with Crippen molar-refractivity contribution >= 4 is 22.0 Å². The molecule has 0 spiro atoms. The van der Waals surface area contributed by atoms with Crippen LogP contribution >= 0.6 is 15.9 Å². The van der Waals surface area contributed by atoms with E-state index < -0.39 is 36.2 Å². The van der Waals surface area contributed by atoms with Gasteiger partial charge in [-0.1, -0.05) is 41.9 Å². The van der Waals surface area contributed by atoms with E-state index in [0.29, 0.717) is 5.92 Å². The molecule has 0 radical (unpaired) electrons. The molecule has 1 amide bonds. The van der Waals surface area contributed by atoms with E-state index in [1.54, 1.807) is 34.6 Å². The molecule has 1 aromatic rings. The van der Waals surface area contributed by atoms with E-state index in [0.717, 1.165) is 15.6 Å². The lowest BCUT2D eigenvalue weighted by Gasteiger charge is -2.34. The molecule has 2 atom stereocenters. The van der Waals surface area contributed by atoms with Crippen molar-refractivity contribution in [2.24, 2.45) is 0 Å². The molecule has 0 aromatic heterocycles. The van der Waals surface area contributed by atoms with Crippen molar-refractivity contribution < 1.29 is 18.7 Å². The maximum absolute atomic E-state index is 14.0. The van der Waals surface area contributed by atoms with Gasteiger partial charge in [-0.25, -0.2) is 9.18 Å². The molecule has 1 saturated heterocycles. The lowest BCUT2D eigenvalue weighted by Crippen LogP contribution is -2.50. The fraction of sp³-hybridized carbons (Fsp3) is 0.650. The first-order valence-corrected chi connectivity index (χ1v) is 9.72. The van der Waals surface area contributed by atoms with Crippen molar-refractivity contribution in [1.29, 1.82) is 0 Å². The zero-order chi connectivity index (χ0) is 19.9. The summed E-state index contributed by atoms with van der Waals surface area (Å²) < 4.78 is 26.6. The molecule has 0 bridgehead atoms. The van der Waals surface area contributed by atoms with Crippen LogP contribution in [0.25, 0.3) is 0 Å². The minimum Gasteiger partial charge on any atom is -0.444 e. The van der Waals surface area contributed by atoms with Gasteiger partial charge < -0.3 is 9.47 Å². The van der Waals surface area contributed by atoms with Crippen molar-refractivity contribution in [3.8, 4) is 0 Å². The number of rotatable bonds is 3. The predicted molar refractivity (Wildman–Crippen MR) is 104 cm³/mol. The number of hydrogen-bond donors (Lipinski definition) is 0. The maximum Gasteiger partial charge on any atom is 0.413 e. The van der Waals surface area contributed by atoms with Gasteiger partial charge >= 0.3 is 6.09 Å². The van der Waals surface area contributed by atoms with Crippen LogP contribution in [0.4, 0.5) is 9.18 Å². The molecule has 1 aromatic carbocycles. The number of alkyl halides is 1. The van der Waals surface area contributed by atoms with E-state index in [1.807, 2.05) is 18.2 Å². The minimum absolute atomic E-state index is 0.310. The van der Waals surface area contributed by atoms with Crippen LogP contribution in [0.3, 0.4) is 0 Å². The van der Waals surface area contributed by atoms with E-state index >= 15 is 0 Å². The van der Waals surface area contributed by atoms with Gasteiger partial charge in [0.2, 0.25) is 0 Å². The number of benzene rings is 1. The van der Waals surface area contributed by atoms with Crippen molar-refractivity contribution in [3.05, 3.63) is 33.8 Å². The number of hydrogen-bond acceptors (Lipinski definition) is 3. The van der Waals surface area contributed by atoms with Gasteiger partial charge in [0.25, 0.3) is 0 Å². The van der Waals surface area contributed by atoms with Crippen LogP contribution in [0.15, 0.2) is 22.7 Å². The molecule has 0 saturated carbocycles. The Morgan fingerprint density at radius 3 is 2.50 bits per heavy atom. The fourth-order valence-electron chi connectivity index (χ4n) is 3.27. The van der Waals surface area contributed by atoms with Crippen LogP contribution in [0.1, 0.15) is 71.6 Å². The molecule has 4 nitrogen and oxygen atoms in total. The summed E-state index contributed by atoms with van der Waals surface area (Å²) in [6.07, 6.45) is -1.11. The van der Waals surface area contributed by atoms with Gasteiger partial charge in [0.05, 0.1) is 6.04 Å². The maximum atomic E-state index is 14.0. The highest BCUT2D eigenvalue weighted by atomic mass is 79.9. The summed E-state index contributed by atoms with van der Waals surface area (Å²) in [5.74, 6) is 0.310. The Kier molecular flexibility index (Phi) is 6.08. The number of amides is 1. The van der Waals surface area contributed by atoms with Crippen LogP contribution in [0.5, 0.6) is 0 Å². The number of halogens is 2. The molecule has 1 aliphatic rings. The Morgan fingerprint density at radius 1 is 1.38 bits per heavy atom. The monoisotopic (exact) mass is 429 g/mol. The third kappa shape index (κ3) is 4.39. The molecule has 26 heavy (non-hydrogen) atoms. The van der Waals surface area contributed by atoms with E-state index in [-0.39, 0.29) is 0 Å². The predicted octanol–water partition coefficient (Wildman–Crippen LogP) is 5.96. The Bertz CT molecular complexity index is 670. The highest BCUT2D eigenvalue weighted by Gasteiger charge is 2.51. The van der Waals surface area contributed by atoms with Gasteiger partial charge in [0, 0.05) is 4.47 Å². The topological polar surface area (TPSA) is 38.8 Å². The highest BCUT2D eigenvalue weighted by molar-refractivity contribution is 9.10. The first-order chi connectivity index (χ1) is 11.9. The van der Waals surface area contributed by atoms with E-state index in [4.69, 9.17) is 9.47 Å². The van der Waals surface area contributed by atoms with Gasteiger partial charge in [-0.2, -0.15) is 0 Å². The zero-order valence-electron chi connectivity index (χ0n) is 16.6. The van der Waals surface area contributed by atoms with Gasteiger partial charge in [-0.15, -0.1) is 0 Å². The van der Waals surface area contributed by atoms with Crippen LogP contribution < -0.4 is 0 Å². The van der Waals surface area contributed by atoms with Crippen molar-refractivity contribution in [3.63, 3.8) is 0 Å². The Hall–Kier alpha value is -1.14. The Morgan fingerprint density at radius 2 is 2.00 bits per heavy atom. The smallest absolute Gasteiger partial charge is 0.413 e. The molecule has 0 unspecified atom stereocenters. The number of carbonyl (C=O) groups excluding carboxylic acids is 1. The van der Waals surface area contributed by atoms with Crippen LogP contribution in [0, 0.1) is 0 Å². The van der Waals surface area contributed by atoms with Gasteiger partial charge in [0.1, 0.15) is 24.1 Å². The Balaban J connectivity index is 2.40. The SMILES string of the molecule is CC(C)c1cc([C@H]2OC(C)(C)N(C(=O)OC(C)(C)C)[C@@H]2CF)ccc1Br. The molecule has 2 rings (SSSR count). The summed E-state index contributed by atoms with van der Waals surface area (Å²) in [5.41, 5.74) is 0.361. The van der Waals surface area contributed by atoms with Crippen molar-refractivity contribution in [2.75, 3.05) is 6.67 Å². The normalized spacial score (nSPS) is 22.8. The van der Waals surface area contributed by atoms with Crippen LogP contribution in [0.2, 0.25) is 0 Å². The largest absolute Gasteiger partial charge is 0.444 e. The first kappa shape index (κ1) is 21.2. The second-order valence-electron chi connectivity index (χ2n) is 8.49. The third-order valence-corrected chi connectivity index (χ3v) is 5.12. The number of ether oxygens (including phenoxy) is 2. The second kappa shape index (κ2) is 7.47. The first-order valence-electron chi connectivity index (χ1n) is 8.93. The minimum atomic E-state index is -0.963. The average Bonchev–Trinajstić information content (AvgIpc) is 2.76. The molecule has 1 heterocycles. The molecule has 1 fully saturated rings. The summed E-state index contributed by atoms with van der Waals surface area (Å²) in [6, 6.07) is 5.15. The summed E-state index contributed by atoms with van der Waals surface area (Å²) >= 11 is 3.56. The van der Waals surface area contributed by atoms with Crippen molar-refractivity contribution in [1.82, 2.24) is 4.90 Å². The Labute approximate surface area is 164 Å². The van der Waals surface area contributed by atoms with Gasteiger partial charge in [-0.3, -0.25) is 4.90 Å². The second-order valence-corrected chi connectivity index (χ2v) is 9.35. The summed E-state index contributed by atoms with van der Waals surface area (Å²) in [5, 5.41) is 0.